The highest BCUT2D eigenvalue weighted by Crippen LogP contribution is 2.30. The zero-order valence-corrected chi connectivity index (χ0v) is 16.6. The van der Waals surface area contributed by atoms with Crippen LogP contribution in [0.1, 0.15) is 25.7 Å². The van der Waals surface area contributed by atoms with Crippen LogP contribution in [0.4, 0.5) is 0 Å². The Kier molecular flexibility index (Phi) is 6.45. The Hall–Kier alpha value is -0.860. The number of nitrogens with one attached hydrogen (secondary N) is 1. The second kappa shape index (κ2) is 8.44. The largest absolute Gasteiger partial charge is 0.376 e. The summed E-state index contributed by atoms with van der Waals surface area (Å²) in [5.74, 6) is -0.212. The van der Waals surface area contributed by atoms with E-state index in [0.29, 0.717) is 24.4 Å². The molecule has 6 nitrogen and oxygen atoms in total. The molecule has 0 unspecified atom stereocenters. The van der Waals surface area contributed by atoms with Gasteiger partial charge < -0.3 is 10.1 Å². The SMILES string of the molecule is O=C(NC[C@H]1CCCO1)C1CCN(S(=O)(=O)c2cc(Cl)ccc2Cl)CC1. The van der Waals surface area contributed by atoms with Crippen molar-refractivity contribution in [3.63, 3.8) is 0 Å². The van der Waals surface area contributed by atoms with E-state index in [4.69, 9.17) is 27.9 Å². The number of piperidine rings is 1. The number of rotatable bonds is 5. The van der Waals surface area contributed by atoms with Gasteiger partial charge in [0.25, 0.3) is 0 Å². The van der Waals surface area contributed by atoms with E-state index in [1.54, 1.807) is 6.07 Å². The van der Waals surface area contributed by atoms with E-state index in [1.807, 2.05) is 0 Å². The van der Waals surface area contributed by atoms with Gasteiger partial charge in [-0.05, 0) is 43.9 Å². The molecular formula is C17H22Cl2N2O4S. The van der Waals surface area contributed by atoms with Crippen molar-refractivity contribution in [2.45, 2.75) is 36.7 Å². The van der Waals surface area contributed by atoms with Gasteiger partial charge in [0.1, 0.15) is 4.90 Å². The second-order valence-electron chi connectivity index (χ2n) is 6.63. The molecule has 3 rings (SSSR count). The number of benzene rings is 1. The van der Waals surface area contributed by atoms with Crippen LogP contribution < -0.4 is 5.32 Å². The van der Waals surface area contributed by atoms with E-state index < -0.39 is 10.0 Å². The van der Waals surface area contributed by atoms with E-state index in [-0.39, 0.29) is 40.9 Å². The third-order valence-corrected chi connectivity index (χ3v) is 7.48. The first kappa shape index (κ1) is 19.9. The molecule has 9 heteroatoms. The Morgan fingerprint density at radius 1 is 1.23 bits per heavy atom. The molecule has 2 aliphatic rings. The summed E-state index contributed by atoms with van der Waals surface area (Å²) in [5, 5.41) is 3.39. The molecule has 26 heavy (non-hydrogen) atoms. The zero-order valence-electron chi connectivity index (χ0n) is 14.3. The highest BCUT2D eigenvalue weighted by atomic mass is 35.5. The minimum atomic E-state index is -3.72. The van der Waals surface area contributed by atoms with Crippen LogP contribution in [0.25, 0.3) is 0 Å². The topological polar surface area (TPSA) is 75.7 Å². The first-order valence-corrected chi connectivity index (χ1v) is 10.9. The number of carbonyl (C=O) groups excluding carboxylic acids is 1. The van der Waals surface area contributed by atoms with Crippen LogP contribution >= 0.6 is 23.2 Å². The van der Waals surface area contributed by atoms with Gasteiger partial charge in [0.05, 0.1) is 11.1 Å². The van der Waals surface area contributed by atoms with Gasteiger partial charge in [0.2, 0.25) is 15.9 Å². The molecule has 0 radical (unpaired) electrons. The van der Waals surface area contributed by atoms with E-state index in [9.17, 15) is 13.2 Å². The molecule has 0 bridgehead atoms. The summed E-state index contributed by atoms with van der Waals surface area (Å²) < 4.78 is 32.5. The van der Waals surface area contributed by atoms with Crippen LogP contribution in [0.5, 0.6) is 0 Å². The van der Waals surface area contributed by atoms with Crippen LogP contribution in [0.3, 0.4) is 0 Å². The Labute approximate surface area is 163 Å². The van der Waals surface area contributed by atoms with E-state index in [1.165, 1.54) is 16.4 Å². The van der Waals surface area contributed by atoms with Gasteiger partial charge in [0, 0.05) is 37.2 Å². The van der Waals surface area contributed by atoms with Crippen molar-refractivity contribution in [3.8, 4) is 0 Å². The van der Waals surface area contributed by atoms with Crippen molar-refractivity contribution >= 4 is 39.1 Å². The van der Waals surface area contributed by atoms with Gasteiger partial charge in [-0.3, -0.25) is 4.79 Å². The van der Waals surface area contributed by atoms with Gasteiger partial charge >= 0.3 is 0 Å². The molecule has 0 saturated carbocycles. The molecule has 0 aromatic heterocycles. The summed E-state index contributed by atoms with van der Waals surface area (Å²) in [4.78, 5) is 12.3. The van der Waals surface area contributed by atoms with Crippen molar-refractivity contribution in [1.29, 1.82) is 0 Å². The first-order valence-electron chi connectivity index (χ1n) is 8.72. The number of carbonyl (C=O) groups is 1. The van der Waals surface area contributed by atoms with Crippen LogP contribution in [0.2, 0.25) is 10.0 Å². The maximum Gasteiger partial charge on any atom is 0.244 e. The smallest absolute Gasteiger partial charge is 0.244 e. The summed E-state index contributed by atoms with van der Waals surface area (Å²) in [6.45, 7) is 1.84. The molecule has 2 aliphatic heterocycles. The number of hydrogen-bond acceptors (Lipinski definition) is 4. The van der Waals surface area contributed by atoms with Crippen molar-refractivity contribution in [3.05, 3.63) is 28.2 Å². The minimum Gasteiger partial charge on any atom is -0.376 e. The average Bonchev–Trinajstić information content (AvgIpc) is 3.15. The predicted octanol–water partition coefficient (Wildman–Crippen LogP) is 2.69. The Morgan fingerprint density at radius 3 is 2.62 bits per heavy atom. The highest BCUT2D eigenvalue weighted by molar-refractivity contribution is 7.89. The van der Waals surface area contributed by atoms with Gasteiger partial charge in [-0.25, -0.2) is 8.42 Å². The molecule has 2 heterocycles. The van der Waals surface area contributed by atoms with Crippen LogP contribution in [-0.2, 0) is 19.6 Å². The number of sulfonamides is 1. The fourth-order valence-electron chi connectivity index (χ4n) is 3.34. The van der Waals surface area contributed by atoms with Crippen LogP contribution in [-0.4, -0.2) is 51.0 Å². The molecule has 0 spiro atoms. The zero-order chi connectivity index (χ0) is 18.7. The second-order valence-corrected chi connectivity index (χ2v) is 9.38. The first-order chi connectivity index (χ1) is 12.4. The normalized spacial score (nSPS) is 22.5. The molecule has 1 amide bonds. The van der Waals surface area contributed by atoms with Crippen molar-refractivity contribution in [1.82, 2.24) is 9.62 Å². The van der Waals surface area contributed by atoms with Gasteiger partial charge in [0.15, 0.2) is 0 Å². The fourth-order valence-corrected chi connectivity index (χ4v) is 5.54. The molecule has 144 valence electrons. The molecule has 1 aromatic carbocycles. The molecule has 1 atom stereocenters. The lowest BCUT2D eigenvalue weighted by molar-refractivity contribution is -0.126. The van der Waals surface area contributed by atoms with Crippen LogP contribution in [0.15, 0.2) is 23.1 Å². The number of halogens is 2. The number of amides is 1. The number of nitrogens with zero attached hydrogens (tertiary/aromatic N) is 1. The minimum absolute atomic E-state index is 0.00736. The fraction of sp³-hybridized carbons (Fsp3) is 0.588. The van der Waals surface area contributed by atoms with Crippen LogP contribution in [0, 0.1) is 5.92 Å². The van der Waals surface area contributed by atoms with Gasteiger partial charge in [-0.1, -0.05) is 23.2 Å². The summed E-state index contributed by atoms with van der Waals surface area (Å²) in [7, 11) is -3.72. The highest BCUT2D eigenvalue weighted by Gasteiger charge is 2.33. The summed E-state index contributed by atoms with van der Waals surface area (Å²) >= 11 is 12.0. The molecule has 0 aliphatic carbocycles. The van der Waals surface area contributed by atoms with E-state index in [2.05, 4.69) is 5.32 Å². The molecule has 1 aromatic rings. The Balaban J connectivity index is 1.57. The van der Waals surface area contributed by atoms with E-state index in [0.717, 1.165) is 19.4 Å². The number of ether oxygens (including phenoxy) is 1. The summed E-state index contributed by atoms with van der Waals surface area (Å²) in [6.07, 6.45) is 3.06. The van der Waals surface area contributed by atoms with Gasteiger partial charge in [-0.2, -0.15) is 4.31 Å². The maximum atomic E-state index is 12.8. The summed E-state index contributed by atoms with van der Waals surface area (Å²) in [6, 6.07) is 4.38. The lowest BCUT2D eigenvalue weighted by atomic mass is 9.97. The maximum absolute atomic E-state index is 12.8. The van der Waals surface area contributed by atoms with Crippen molar-refractivity contribution in [2.75, 3.05) is 26.2 Å². The molecular weight excluding hydrogens is 399 g/mol. The van der Waals surface area contributed by atoms with Crippen molar-refractivity contribution in [2.24, 2.45) is 5.92 Å². The average molecular weight is 421 g/mol. The van der Waals surface area contributed by atoms with Crippen molar-refractivity contribution < 1.29 is 17.9 Å². The lowest BCUT2D eigenvalue weighted by Gasteiger charge is -2.31. The van der Waals surface area contributed by atoms with E-state index >= 15 is 0 Å². The Bertz CT molecular complexity index is 758. The van der Waals surface area contributed by atoms with Gasteiger partial charge in [-0.15, -0.1) is 0 Å². The Morgan fingerprint density at radius 2 is 1.96 bits per heavy atom. The monoisotopic (exact) mass is 420 g/mol. The standard InChI is InChI=1S/C17H22Cl2N2O4S/c18-13-3-4-15(19)16(10-13)26(23,24)21-7-5-12(6-8-21)17(22)20-11-14-2-1-9-25-14/h3-4,10,12,14H,1-2,5-9,11H2,(H,20,22)/t14-/m1/s1. The summed E-state index contributed by atoms with van der Waals surface area (Å²) in [5.41, 5.74) is 0. The quantitative estimate of drug-likeness (QED) is 0.794. The predicted molar refractivity (Wildman–Crippen MR) is 99.9 cm³/mol. The molecule has 1 N–H and O–H groups in total. The molecule has 2 fully saturated rings. The number of hydrogen-bond donors (Lipinski definition) is 1. The molecule has 2 saturated heterocycles. The third-order valence-electron chi connectivity index (χ3n) is 4.86. The lowest BCUT2D eigenvalue weighted by Crippen LogP contribution is -2.44. The third kappa shape index (κ3) is 4.51.